The first-order chi connectivity index (χ1) is 24.2. The van der Waals surface area contributed by atoms with E-state index in [-0.39, 0.29) is 39.1 Å². The van der Waals surface area contributed by atoms with E-state index in [4.69, 9.17) is 42.6 Å². The number of hydrogen-bond donors (Lipinski definition) is 3. The number of esters is 2. The number of aliphatic hydroxyl groups is 3. The van der Waals surface area contributed by atoms with Gasteiger partial charge in [-0.1, -0.05) is 30.3 Å². The fourth-order valence-corrected chi connectivity index (χ4v) is 12.5. The topological polar surface area (TPSA) is 198 Å². The zero-order valence-corrected chi connectivity index (χ0v) is 29.1. The van der Waals surface area contributed by atoms with E-state index in [0.717, 1.165) is 0 Å². The molecule has 1 aromatic carbocycles. The third-order valence-electron chi connectivity index (χ3n) is 14.5. The SMILES string of the molecule is COC(=O)[C@@]1(OCc2ccccc2)OC[C@]23[C@@H]1[C@](C)([C@]14O[C@@]1(C)[C@H]1C[C@@H]4O[C@@H]4O[C@@H](OC)C[C@@]41O)C(=O)[C@@H]1OC[C@](C(=O)OC)([C@H](O)C[C@@H]2O)[C@H]13. The van der Waals surface area contributed by atoms with E-state index in [2.05, 4.69) is 0 Å². The molecule has 0 radical (unpaired) electrons. The lowest BCUT2D eigenvalue weighted by Gasteiger charge is -2.63. The maximum Gasteiger partial charge on any atom is 0.366 e. The Balaban J connectivity index is 1.27. The van der Waals surface area contributed by atoms with Gasteiger partial charge >= 0.3 is 11.9 Å². The summed E-state index contributed by atoms with van der Waals surface area (Å²) in [5, 5.41) is 36.2. The number of carbonyl (C=O) groups is 3. The van der Waals surface area contributed by atoms with Gasteiger partial charge in [-0.05, 0) is 25.8 Å². The molecule has 5 saturated heterocycles. The van der Waals surface area contributed by atoms with Crippen molar-refractivity contribution in [3.05, 3.63) is 35.9 Å². The molecule has 8 aliphatic rings. The molecular weight excluding hydrogens is 672 g/mol. The van der Waals surface area contributed by atoms with Gasteiger partial charge < -0.3 is 58.0 Å². The molecule has 15 nitrogen and oxygen atoms in total. The van der Waals surface area contributed by atoms with Crippen molar-refractivity contribution in [2.75, 3.05) is 34.5 Å². The molecule has 0 unspecified atom stereocenters. The van der Waals surface area contributed by atoms with Gasteiger partial charge in [-0.25, -0.2) is 4.79 Å². The van der Waals surface area contributed by atoms with E-state index < -0.39 is 111 Å². The second kappa shape index (κ2) is 10.6. The van der Waals surface area contributed by atoms with Gasteiger partial charge in [0.1, 0.15) is 28.3 Å². The summed E-state index contributed by atoms with van der Waals surface area (Å²) in [7, 11) is 3.84. The van der Waals surface area contributed by atoms with Crippen LogP contribution in [0.4, 0.5) is 0 Å². The van der Waals surface area contributed by atoms with Gasteiger partial charge in [0.05, 0.1) is 63.7 Å². The number of rotatable bonds is 7. The van der Waals surface area contributed by atoms with Crippen molar-refractivity contribution >= 4 is 17.7 Å². The van der Waals surface area contributed by atoms with Gasteiger partial charge in [0.25, 0.3) is 5.79 Å². The monoisotopic (exact) mass is 716 g/mol. The van der Waals surface area contributed by atoms with Gasteiger partial charge in [-0.2, -0.15) is 0 Å². The fraction of sp³-hybridized carbons (Fsp3) is 0.750. The lowest BCUT2D eigenvalue weighted by atomic mass is 9.38. The fourth-order valence-electron chi connectivity index (χ4n) is 12.5. The highest BCUT2D eigenvalue weighted by molar-refractivity contribution is 5.97. The highest BCUT2D eigenvalue weighted by Gasteiger charge is 2.97. The Labute approximate surface area is 293 Å². The Bertz CT molecular complexity index is 1670. The van der Waals surface area contributed by atoms with E-state index in [0.29, 0.717) is 5.56 Å². The van der Waals surface area contributed by atoms with Crippen molar-refractivity contribution in [3.8, 4) is 0 Å². The zero-order chi connectivity index (χ0) is 36.1. The number of fused-ring (bicyclic) bond motifs is 7. The van der Waals surface area contributed by atoms with Gasteiger partial charge in [0.2, 0.25) is 0 Å². The molecule has 278 valence electrons. The molecule has 2 bridgehead atoms. The number of methoxy groups -OCH3 is 3. The summed E-state index contributed by atoms with van der Waals surface area (Å²) in [4.78, 5) is 43.9. The summed E-state index contributed by atoms with van der Waals surface area (Å²) in [6, 6.07) is 9.05. The van der Waals surface area contributed by atoms with Gasteiger partial charge in [0.15, 0.2) is 18.4 Å². The molecule has 3 N–H and O–H groups in total. The minimum Gasteiger partial charge on any atom is -0.468 e. The quantitative estimate of drug-likeness (QED) is 0.251. The smallest absolute Gasteiger partial charge is 0.366 e. The van der Waals surface area contributed by atoms with E-state index in [1.807, 2.05) is 25.1 Å². The number of epoxide rings is 1. The number of benzene rings is 1. The predicted octanol–water partition coefficient (Wildman–Crippen LogP) is -0.00940. The molecule has 0 amide bonds. The molecule has 16 atom stereocenters. The summed E-state index contributed by atoms with van der Waals surface area (Å²) in [5.74, 6) is -7.85. The van der Waals surface area contributed by atoms with Crippen molar-refractivity contribution in [1.82, 2.24) is 0 Å². The van der Waals surface area contributed by atoms with Crippen LogP contribution in [-0.2, 0) is 63.6 Å². The third-order valence-corrected chi connectivity index (χ3v) is 14.5. The number of hydrogen-bond acceptors (Lipinski definition) is 15. The van der Waals surface area contributed by atoms with E-state index in [1.165, 1.54) is 21.3 Å². The molecule has 1 aromatic rings. The molecule has 15 heteroatoms. The summed E-state index contributed by atoms with van der Waals surface area (Å²) in [5.41, 5.74) is -8.84. The Morgan fingerprint density at radius 3 is 2.37 bits per heavy atom. The van der Waals surface area contributed by atoms with Crippen LogP contribution >= 0.6 is 0 Å². The van der Waals surface area contributed by atoms with Gasteiger partial charge in [0, 0.05) is 37.2 Å². The number of carbonyl (C=O) groups excluding carboxylic acids is 3. The highest BCUT2D eigenvalue weighted by atomic mass is 16.8. The standard InChI is InChI=1S/C36H44O15/c1-30(36-21-11-18(31(36,2)51-36)34(42)13-22(43-3)50-29(34)49-21)25(39)23-24-32(19(37)12-20(38)33(24,15-46-23)27(40)44-4)16-48-35(26(30)32,28(41)45-5)47-14-17-9-7-6-8-10-17/h6-10,18-24,26,29,37-38,42H,11-16H2,1-5H3/t18-,19+,20-,21+,22-,23-,24-,26+,29-,30-,31+,32+,33+,34+,35+,36+/m1/s1. The molecule has 0 aromatic heterocycles. The average Bonchev–Trinajstić information content (AvgIpc) is 3.49. The Hall–Kier alpha value is -2.57. The first-order valence-electron chi connectivity index (χ1n) is 17.5. The second-order valence-corrected chi connectivity index (χ2v) is 16.0. The highest BCUT2D eigenvalue weighted by Crippen LogP contribution is 2.82. The van der Waals surface area contributed by atoms with E-state index >= 15 is 4.79 Å². The van der Waals surface area contributed by atoms with Crippen molar-refractivity contribution in [1.29, 1.82) is 0 Å². The first kappa shape index (κ1) is 34.2. The van der Waals surface area contributed by atoms with Crippen LogP contribution in [0.15, 0.2) is 30.3 Å². The third kappa shape index (κ3) is 3.58. The lowest BCUT2D eigenvalue weighted by Crippen LogP contribution is -2.77. The minimum absolute atomic E-state index is 0.0973. The Morgan fingerprint density at radius 2 is 1.69 bits per heavy atom. The van der Waals surface area contributed by atoms with Crippen molar-refractivity contribution in [2.45, 2.75) is 99.3 Å². The zero-order valence-electron chi connectivity index (χ0n) is 29.1. The van der Waals surface area contributed by atoms with Crippen LogP contribution in [0.1, 0.15) is 38.7 Å². The summed E-state index contributed by atoms with van der Waals surface area (Å²) in [6.07, 6.45) is -6.85. The maximum atomic E-state index is 15.7. The van der Waals surface area contributed by atoms with Crippen LogP contribution < -0.4 is 0 Å². The van der Waals surface area contributed by atoms with Crippen molar-refractivity contribution < 1.29 is 72.3 Å². The molecule has 8 fully saturated rings. The van der Waals surface area contributed by atoms with Crippen molar-refractivity contribution in [2.24, 2.45) is 34.0 Å². The lowest BCUT2D eigenvalue weighted by molar-refractivity contribution is -0.304. The van der Waals surface area contributed by atoms with Crippen molar-refractivity contribution in [3.63, 3.8) is 0 Å². The average molecular weight is 717 g/mol. The summed E-state index contributed by atoms with van der Waals surface area (Å²) in [6.45, 7) is 2.57. The molecule has 51 heavy (non-hydrogen) atoms. The molecular formula is C36H44O15. The van der Waals surface area contributed by atoms with Crippen LogP contribution in [0.3, 0.4) is 0 Å². The molecule has 9 rings (SSSR count). The molecule has 3 saturated carbocycles. The van der Waals surface area contributed by atoms with Crippen LogP contribution in [0.2, 0.25) is 0 Å². The van der Waals surface area contributed by atoms with E-state index in [9.17, 15) is 24.9 Å². The summed E-state index contributed by atoms with van der Waals surface area (Å²) >= 11 is 0. The second-order valence-electron chi connectivity index (χ2n) is 16.0. The normalized spacial score (nSPS) is 54.3. The number of ether oxygens (including phenoxy) is 9. The summed E-state index contributed by atoms with van der Waals surface area (Å²) < 4.78 is 54.9. The molecule has 5 heterocycles. The largest absolute Gasteiger partial charge is 0.468 e. The van der Waals surface area contributed by atoms with Gasteiger partial charge in [-0.15, -0.1) is 0 Å². The number of aliphatic hydroxyl groups excluding tert-OH is 2. The predicted molar refractivity (Wildman–Crippen MR) is 166 cm³/mol. The van der Waals surface area contributed by atoms with E-state index in [1.54, 1.807) is 19.1 Å². The number of ketones is 1. The Morgan fingerprint density at radius 1 is 0.961 bits per heavy atom. The molecule has 5 aliphatic heterocycles. The van der Waals surface area contributed by atoms with Crippen LogP contribution in [-0.4, -0.2) is 127 Å². The van der Waals surface area contributed by atoms with Crippen LogP contribution in [0.5, 0.6) is 0 Å². The Kier molecular flexibility index (Phi) is 7.08. The van der Waals surface area contributed by atoms with Crippen LogP contribution in [0, 0.1) is 34.0 Å². The van der Waals surface area contributed by atoms with Crippen LogP contribution in [0.25, 0.3) is 0 Å². The molecule has 3 aliphatic carbocycles. The maximum absolute atomic E-state index is 15.7. The number of Topliss-reactive ketones (excluding diaryl/α,β-unsaturated/α-hetero) is 1. The molecule has 1 spiro atoms. The van der Waals surface area contributed by atoms with Gasteiger partial charge in [-0.3, -0.25) is 9.59 Å². The minimum atomic E-state index is -2.34. The first-order valence-corrected chi connectivity index (χ1v) is 17.5.